The van der Waals surface area contributed by atoms with Crippen molar-refractivity contribution in [3.05, 3.63) is 61.2 Å². The molecule has 0 aromatic carbocycles. The van der Waals surface area contributed by atoms with E-state index in [0.29, 0.717) is 11.5 Å². The Balaban J connectivity index is 1.60. The molecule has 0 N–H and O–H groups in total. The summed E-state index contributed by atoms with van der Waals surface area (Å²) in [5, 5.41) is 8.59. The van der Waals surface area contributed by atoms with Crippen molar-refractivity contribution >= 4 is 40.2 Å². The highest BCUT2D eigenvalue weighted by atomic mass is 35.5. The maximum Gasteiger partial charge on any atom is 0.279 e. The molecule has 0 bridgehead atoms. The smallest absolute Gasteiger partial charge is 0.267 e. The molecule has 0 atom stereocenters. The summed E-state index contributed by atoms with van der Waals surface area (Å²) < 4.78 is 2.45. The van der Waals surface area contributed by atoms with Gasteiger partial charge in [-0.3, -0.25) is 4.79 Å². The summed E-state index contributed by atoms with van der Waals surface area (Å²) >= 11 is 9.19. The average molecular weight is 405 g/mol. The van der Waals surface area contributed by atoms with Crippen LogP contribution in [0.15, 0.2) is 35.0 Å². The van der Waals surface area contributed by atoms with Gasteiger partial charge in [0.1, 0.15) is 0 Å². The molecule has 6 heteroatoms. The van der Waals surface area contributed by atoms with Gasteiger partial charge in [-0.05, 0) is 55.3 Å². The van der Waals surface area contributed by atoms with Crippen LogP contribution < -0.4 is 0 Å². The quantitative estimate of drug-likeness (QED) is 0.508. The van der Waals surface area contributed by atoms with Crippen LogP contribution in [-0.2, 0) is 12.8 Å². The van der Waals surface area contributed by atoms with Crippen molar-refractivity contribution in [1.29, 1.82) is 0 Å². The molecule has 136 valence electrons. The number of hydrogen-bond acceptors (Lipinski definition) is 4. The van der Waals surface area contributed by atoms with Crippen LogP contribution in [-0.4, -0.2) is 15.7 Å². The Kier molecular flexibility index (Phi) is 5.57. The Labute approximate surface area is 166 Å². The fourth-order valence-electron chi connectivity index (χ4n) is 3.64. The van der Waals surface area contributed by atoms with Gasteiger partial charge in [0.25, 0.3) is 5.91 Å². The van der Waals surface area contributed by atoms with Gasteiger partial charge in [0.05, 0.1) is 15.6 Å². The van der Waals surface area contributed by atoms with Crippen LogP contribution in [0.5, 0.6) is 0 Å². The van der Waals surface area contributed by atoms with Crippen LogP contribution in [0.4, 0.5) is 0 Å². The lowest BCUT2D eigenvalue weighted by Crippen LogP contribution is -2.17. The molecule has 4 rings (SSSR count). The van der Waals surface area contributed by atoms with Crippen LogP contribution in [0, 0.1) is 0 Å². The SMILES string of the molecule is O=C(c1ccsc1)n1nc(C2CCCCC2)cc1CCc1ccc(Cl)s1. The number of thiophene rings is 2. The van der Waals surface area contributed by atoms with E-state index in [4.69, 9.17) is 16.7 Å². The summed E-state index contributed by atoms with van der Waals surface area (Å²) in [5.41, 5.74) is 2.81. The number of halogens is 1. The van der Waals surface area contributed by atoms with Gasteiger partial charge in [-0.1, -0.05) is 30.9 Å². The minimum atomic E-state index is -0.0208. The lowest BCUT2D eigenvalue weighted by molar-refractivity contribution is 0.0941. The molecular weight excluding hydrogens is 384 g/mol. The first-order valence-corrected chi connectivity index (χ1v) is 11.2. The summed E-state index contributed by atoms with van der Waals surface area (Å²) in [6, 6.07) is 8.03. The summed E-state index contributed by atoms with van der Waals surface area (Å²) in [4.78, 5) is 14.2. The van der Waals surface area contributed by atoms with E-state index in [0.717, 1.165) is 28.6 Å². The molecule has 0 spiro atoms. The van der Waals surface area contributed by atoms with Gasteiger partial charge in [0.2, 0.25) is 0 Å². The van der Waals surface area contributed by atoms with Gasteiger partial charge < -0.3 is 0 Å². The fourth-order valence-corrected chi connectivity index (χ4v) is 5.35. The minimum absolute atomic E-state index is 0.0208. The molecule has 0 aliphatic heterocycles. The first-order chi connectivity index (χ1) is 12.7. The second-order valence-electron chi connectivity index (χ2n) is 6.83. The molecule has 1 aliphatic rings. The number of rotatable bonds is 5. The number of carbonyl (C=O) groups excluding carboxylic acids is 1. The van der Waals surface area contributed by atoms with Crippen molar-refractivity contribution < 1.29 is 4.79 Å². The van der Waals surface area contributed by atoms with E-state index in [9.17, 15) is 4.79 Å². The lowest BCUT2D eigenvalue weighted by atomic mass is 9.87. The minimum Gasteiger partial charge on any atom is -0.267 e. The van der Waals surface area contributed by atoms with Gasteiger partial charge in [0.15, 0.2) is 0 Å². The van der Waals surface area contributed by atoms with E-state index >= 15 is 0 Å². The van der Waals surface area contributed by atoms with Crippen molar-refractivity contribution in [1.82, 2.24) is 9.78 Å². The predicted octanol–water partition coefficient (Wildman–Crippen LogP) is 6.18. The average Bonchev–Trinajstić information content (AvgIpc) is 3.41. The van der Waals surface area contributed by atoms with Crippen LogP contribution in [0.2, 0.25) is 4.34 Å². The molecule has 0 amide bonds. The number of nitrogens with zero attached hydrogens (tertiary/aromatic N) is 2. The molecule has 1 fully saturated rings. The Morgan fingerprint density at radius 3 is 2.73 bits per heavy atom. The number of carbonyl (C=O) groups is 1. The molecule has 26 heavy (non-hydrogen) atoms. The van der Waals surface area contributed by atoms with Gasteiger partial charge in [0, 0.05) is 21.9 Å². The van der Waals surface area contributed by atoms with Gasteiger partial charge in [-0.15, -0.1) is 11.3 Å². The largest absolute Gasteiger partial charge is 0.279 e. The zero-order chi connectivity index (χ0) is 17.9. The van der Waals surface area contributed by atoms with Crippen LogP contribution in [0.3, 0.4) is 0 Å². The standard InChI is InChI=1S/C20H21ClN2OS2/c21-19-9-8-17(26-19)7-6-16-12-18(14-4-2-1-3-5-14)22-23(16)20(24)15-10-11-25-13-15/h8-14H,1-7H2. The first-order valence-electron chi connectivity index (χ1n) is 9.10. The van der Waals surface area contributed by atoms with E-state index in [1.54, 1.807) is 27.4 Å². The number of hydrogen-bond donors (Lipinski definition) is 0. The molecule has 1 saturated carbocycles. The summed E-state index contributed by atoms with van der Waals surface area (Å²) in [5.74, 6) is 0.475. The van der Waals surface area contributed by atoms with Gasteiger partial charge >= 0.3 is 0 Å². The highest BCUT2D eigenvalue weighted by Gasteiger charge is 2.23. The van der Waals surface area contributed by atoms with Crippen LogP contribution in [0.1, 0.15) is 64.6 Å². The van der Waals surface area contributed by atoms with E-state index < -0.39 is 0 Å². The third-order valence-corrected chi connectivity index (χ3v) is 7.02. The van der Waals surface area contributed by atoms with E-state index in [-0.39, 0.29) is 5.91 Å². The number of aryl methyl sites for hydroxylation is 2. The van der Waals surface area contributed by atoms with Crippen molar-refractivity contribution in [3.8, 4) is 0 Å². The van der Waals surface area contributed by atoms with Crippen LogP contribution >= 0.6 is 34.3 Å². The molecule has 0 radical (unpaired) electrons. The third-order valence-electron chi connectivity index (χ3n) is 5.04. The maximum absolute atomic E-state index is 12.9. The fraction of sp³-hybridized carbons (Fsp3) is 0.400. The molecular formula is C20H21ClN2OS2. The Hall–Kier alpha value is -1.43. The second kappa shape index (κ2) is 8.07. The molecule has 3 aromatic rings. The molecule has 0 saturated heterocycles. The van der Waals surface area contributed by atoms with E-state index in [2.05, 4.69) is 12.1 Å². The van der Waals surface area contributed by atoms with Crippen molar-refractivity contribution in [2.45, 2.75) is 50.9 Å². The highest BCUT2D eigenvalue weighted by molar-refractivity contribution is 7.16. The zero-order valence-electron chi connectivity index (χ0n) is 14.5. The van der Waals surface area contributed by atoms with E-state index in [1.807, 2.05) is 22.9 Å². The normalized spacial score (nSPS) is 15.4. The summed E-state index contributed by atoms with van der Waals surface area (Å²) in [6.45, 7) is 0. The highest BCUT2D eigenvalue weighted by Crippen LogP contribution is 2.32. The molecule has 1 aliphatic carbocycles. The maximum atomic E-state index is 12.9. The zero-order valence-corrected chi connectivity index (χ0v) is 16.9. The van der Waals surface area contributed by atoms with Crippen molar-refractivity contribution in [2.24, 2.45) is 0 Å². The lowest BCUT2D eigenvalue weighted by Gasteiger charge is -2.19. The third kappa shape index (κ3) is 3.95. The van der Waals surface area contributed by atoms with Gasteiger partial charge in [-0.25, -0.2) is 4.68 Å². The molecule has 3 nitrogen and oxygen atoms in total. The van der Waals surface area contributed by atoms with Crippen molar-refractivity contribution in [3.63, 3.8) is 0 Å². The topological polar surface area (TPSA) is 34.9 Å². The van der Waals surface area contributed by atoms with Gasteiger partial charge in [-0.2, -0.15) is 16.4 Å². The number of aromatic nitrogens is 2. The molecule has 3 heterocycles. The van der Waals surface area contributed by atoms with E-state index in [1.165, 1.54) is 37.0 Å². The Morgan fingerprint density at radius 2 is 2.04 bits per heavy atom. The summed E-state index contributed by atoms with van der Waals surface area (Å²) in [6.07, 6.45) is 7.89. The van der Waals surface area contributed by atoms with Crippen molar-refractivity contribution in [2.75, 3.05) is 0 Å². The molecule has 0 unspecified atom stereocenters. The Bertz CT molecular complexity index is 876. The second-order valence-corrected chi connectivity index (χ2v) is 9.41. The van der Waals surface area contributed by atoms with Crippen LogP contribution in [0.25, 0.3) is 0 Å². The monoisotopic (exact) mass is 404 g/mol. The first kappa shape index (κ1) is 18.0. The Morgan fingerprint density at radius 1 is 1.19 bits per heavy atom. The molecule has 3 aromatic heterocycles. The predicted molar refractivity (Wildman–Crippen MR) is 109 cm³/mol. The summed E-state index contributed by atoms with van der Waals surface area (Å²) in [7, 11) is 0.